The molecule has 0 amide bonds. The van der Waals surface area contributed by atoms with E-state index in [1.165, 1.54) is 0 Å². The van der Waals surface area contributed by atoms with Crippen LogP contribution in [0.25, 0.3) is 0 Å². The maximum absolute atomic E-state index is 5.90. The fourth-order valence-corrected chi connectivity index (χ4v) is 2.54. The molecule has 2 bridgehead atoms. The zero-order chi connectivity index (χ0) is 15.1. The minimum Gasteiger partial charge on any atom is -0.457 e. The van der Waals surface area contributed by atoms with Gasteiger partial charge in [-0.1, -0.05) is 18.2 Å². The molecule has 5 N–H and O–H groups in total. The third-order valence-electron chi connectivity index (χ3n) is 3.67. The van der Waals surface area contributed by atoms with Gasteiger partial charge < -0.3 is 16.2 Å². The summed E-state index contributed by atoms with van der Waals surface area (Å²) >= 11 is 0. The third-order valence-corrected chi connectivity index (χ3v) is 3.67. The van der Waals surface area contributed by atoms with Crippen molar-refractivity contribution in [2.24, 2.45) is 16.6 Å². The minimum atomic E-state index is -0.173. The van der Waals surface area contributed by atoms with Crippen molar-refractivity contribution >= 4 is 11.5 Å². The molecule has 0 aromatic heterocycles. The predicted octanol–water partition coefficient (Wildman–Crippen LogP) is 1.28. The number of hydrogen-bond donors (Lipinski definition) is 3. The number of para-hydroxylation sites is 1. The molecule has 7 heteroatoms. The average Bonchev–Trinajstić information content (AvgIpc) is 3.03. The lowest BCUT2D eigenvalue weighted by Crippen LogP contribution is -2.72. The van der Waals surface area contributed by atoms with E-state index in [0.29, 0.717) is 5.84 Å². The molecule has 112 valence electrons. The van der Waals surface area contributed by atoms with Gasteiger partial charge in [0, 0.05) is 0 Å². The molecule has 0 radical (unpaired) electrons. The lowest BCUT2D eigenvalue weighted by molar-refractivity contribution is -0.143. The van der Waals surface area contributed by atoms with E-state index in [1.807, 2.05) is 59.7 Å². The number of nitrogens with two attached hydrogens (primary N) is 2. The second-order valence-electron chi connectivity index (χ2n) is 5.18. The lowest BCUT2D eigenvalue weighted by atomic mass is 10.2. The molecule has 7 nitrogen and oxygen atoms in total. The quantitative estimate of drug-likeness (QED) is 0.787. The maximum Gasteiger partial charge on any atom is 0.147 e. The average molecular weight is 296 g/mol. The molecule has 2 unspecified atom stereocenters. The number of nitrogens with zero attached hydrogens (tertiary/aromatic N) is 3. The van der Waals surface area contributed by atoms with E-state index >= 15 is 0 Å². The number of ether oxygens (including phenoxy) is 1. The Labute approximate surface area is 127 Å². The first-order valence-electron chi connectivity index (χ1n) is 7.00. The number of nitrogens with one attached hydrogen (secondary N) is 1. The monoisotopic (exact) mass is 296 g/mol. The number of rotatable bonds is 4. The van der Waals surface area contributed by atoms with E-state index in [1.54, 1.807) is 5.12 Å². The van der Waals surface area contributed by atoms with Crippen LogP contribution in [0.3, 0.4) is 0 Å². The Morgan fingerprint density at radius 2 is 1.68 bits per heavy atom. The van der Waals surface area contributed by atoms with Crippen LogP contribution in [0.5, 0.6) is 11.5 Å². The number of benzene rings is 2. The summed E-state index contributed by atoms with van der Waals surface area (Å²) in [5.74, 6) is 2.11. The van der Waals surface area contributed by atoms with Crippen molar-refractivity contribution in [3.63, 3.8) is 0 Å². The van der Waals surface area contributed by atoms with Crippen LogP contribution < -0.4 is 21.6 Å². The first-order chi connectivity index (χ1) is 10.7. The van der Waals surface area contributed by atoms with Gasteiger partial charge in [0.25, 0.3) is 0 Å². The molecule has 2 atom stereocenters. The SMILES string of the molecule is NC1=NN2C(N)C1N2Nc1ccc(Oc2ccccc2)cc1. The van der Waals surface area contributed by atoms with Crippen LogP contribution in [-0.2, 0) is 0 Å². The molecule has 0 spiro atoms. The molecular formula is C15H16N6O. The Morgan fingerprint density at radius 3 is 2.27 bits per heavy atom. The highest BCUT2D eigenvalue weighted by atomic mass is 16.5. The maximum atomic E-state index is 5.90. The Kier molecular flexibility index (Phi) is 2.88. The Balaban J connectivity index is 1.41. The lowest BCUT2D eigenvalue weighted by Gasteiger charge is -2.46. The van der Waals surface area contributed by atoms with Gasteiger partial charge in [0.15, 0.2) is 0 Å². The molecule has 3 aliphatic rings. The van der Waals surface area contributed by atoms with E-state index in [-0.39, 0.29) is 12.2 Å². The molecule has 1 saturated heterocycles. The van der Waals surface area contributed by atoms with Crippen LogP contribution in [-0.4, -0.2) is 28.3 Å². The number of amidine groups is 1. The molecular weight excluding hydrogens is 280 g/mol. The van der Waals surface area contributed by atoms with Crippen molar-refractivity contribution < 1.29 is 4.74 Å². The molecule has 1 fully saturated rings. The second kappa shape index (κ2) is 4.90. The first-order valence-corrected chi connectivity index (χ1v) is 7.00. The highest BCUT2D eigenvalue weighted by Crippen LogP contribution is 2.31. The van der Waals surface area contributed by atoms with Crippen LogP contribution in [0.1, 0.15) is 0 Å². The van der Waals surface area contributed by atoms with Gasteiger partial charge in [0.05, 0.1) is 5.69 Å². The van der Waals surface area contributed by atoms with Gasteiger partial charge in [-0.15, -0.1) is 10.2 Å². The molecule has 22 heavy (non-hydrogen) atoms. The molecule has 2 aromatic carbocycles. The van der Waals surface area contributed by atoms with Gasteiger partial charge >= 0.3 is 0 Å². The van der Waals surface area contributed by atoms with Crippen molar-refractivity contribution in [3.8, 4) is 11.5 Å². The fourth-order valence-electron chi connectivity index (χ4n) is 2.54. The fraction of sp³-hybridized carbons (Fsp3) is 0.133. The van der Waals surface area contributed by atoms with E-state index in [0.717, 1.165) is 17.2 Å². The molecule has 0 aliphatic carbocycles. The van der Waals surface area contributed by atoms with Crippen molar-refractivity contribution in [2.45, 2.75) is 12.2 Å². The van der Waals surface area contributed by atoms with Crippen LogP contribution in [0, 0.1) is 0 Å². The smallest absolute Gasteiger partial charge is 0.147 e. The van der Waals surface area contributed by atoms with E-state index in [9.17, 15) is 0 Å². The van der Waals surface area contributed by atoms with Gasteiger partial charge in [-0.2, -0.15) is 5.12 Å². The Morgan fingerprint density at radius 1 is 1.00 bits per heavy atom. The molecule has 5 rings (SSSR count). The summed E-state index contributed by atoms with van der Waals surface area (Å²) < 4.78 is 5.75. The topological polar surface area (TPSA) is 92.1 Å². The second-order valence-corrected chi connectivity index (χ2v) is 5.18. The van der Waals surface area contributed by atoms with Crippen LogP contribution >= 0.6 is 0 Å². The first kappa shape index (κ1) is 12.9. The van der Waals surface area contributed by atoms with E-state index in [4.69, 9.17) is 16.2 Å². The molecule has 3 heterocycles. The summed E-state index contributed by atoms with van der Waals surface area (Å²) in [5, 5.41) is 7.58. The third kappa shape index (κ3) is 2.03. The van der Waals surface area contributed by atoms with Crippen LogP contribution in [0.15, 0.2) is 59.7 Å². The standard InChI is InChI=1S/C15H16N6O/c16-14-13-15(17)21(19-14)20(13)18-10-6-8-12(9-7-10)22-11-4-2-1-3-5-11/h1-9,13,15,18H,17H2,(H2,16,19). The predicted molar refractivity (Wildman–Crippen MR) is 83.6 cm³/mol. The number of hydrogen-bond acceptors (Lipinski definition) is 7. The van der Waals surface area contributed by atoms with Gasteiger partial charge in [-0.3, -0.25) is 5.43 Å². The molecule has 3 aliphatic heterocycles. The van der Waals surface area contributed by atoms with Crippen LogP contribution in [0.2, 0.25) is 0 Å². The largest absolute Gasteiger partial charge is 0.457 e. The van der Waals surface area contributed by atoms with Crippen molar-refractivity contribution in [1.29, 1.82) is 0 Å². The van der Waals surface area contributed by atoms with Crippen molar-refractivity contribution in [3.05, 3.63) is 54.6 Å². The Hall–Kier alpha value is -2.77. The summed E-state index contributed by atoms with van der Waals surface area (Å²) in [4.78, 5) is 0. The van der Waals surface area contributed by atoms with E-state index in [2.05, 4.69) is 10.5 Å². The summed E-state index contributed by atoms with van der Waals surface area (Å²) in [5.41, 5.74) is 15.8. The minimum absolute atomic E-state index is 0.0831. The summed E-state index contributed by atoms with van der Waals surface area (Å²) in [6.45, 7) is 0. The van der Waals surface area contributed by atoms with Gasteiger partial charge in [0.2, 0.25) is 0 Å². The van der Waals surface area contributed by atoms with Gasteiger partial charge in [-0.25, -0.2) is 0 Å². The van der Waals surface area contributed by atoms with Crippen LogP contribution in [0.4, 0.5) is 5.69 Å². The molecule has 0 saturated carbocycles. The van der Waals surface area contributed by atoms with Crippen molar-refractivity contribution in [2.75, 3.05) is 5.43 Å². The van der Waals surface area contributed by atoms with Crippen molar-refractivity contribution in [1.82, 2.24) is 10.2 Å². The summed E-state index contributed by atoms with van der Waals surface area (Å²) in [7, 11) is 0. The number of hydrazone groups is 1. The molecule has 2 aromatic rings. The zero-order valence-electron chi connectivity index (χ0n) is 11.8. The van der Waals surface area contributed by atoms with Gasteiger partial charge in [-0.05, 0) is 36.4 Å². The zero-order valence-corrected chi connectivity index (χ0v) is 11.8. The Bertz CT molecular complexity index is 702. The highest BCUT2D eigenvalue weighted by molar-refractivity contribution is 5.89. The normalized spacial score (nSPS) is 23.0. The number of hydrazine groups is 2. The van der Waals surface area contributed by atoms with E-state index < -0.39 is 0 Å². The highest BCUT2D eigenvalue weighted by Gasteiger charge is 2.53. The number of anilines is 1. The summed E-state index contributed by atoms with van der Waals surface area (Å²) in [6.07, 6.45) is -0.173. The summed E-state index contributed by atoms with van der Waals surface area (Å²) in [6, 6.07) is 17.2. The van der Waals surface area contributed by atoms with Gasteiger partial charge in [0.1, 0.15) is 29.5 Å².